The van der Waals surface area contributed by atoms with E-state index in [1.54, 1.807) is 0 Å². The van der Waals surface area contributed by atoms with Crippen LogP contribution in [0.15, 0.2) is 11.3 Å². The highest BCUT2D eigenvalue weighted by atomic mass is 32.1. The second-order valence-electron chi connectivity index (χ2n) is 4.28. The lowest BCUT2D eigenvalue weighted by Crippen LogP contribution is -2.42. The number of hydrogen-bond donors (Lipinski definition) is 2. The molecule has 0 saturated heterocycles. The van der Waals surface area contributed by atoms with Crippen LogP contribution in [-0.2, 0) is 9.53 Å². The van der Waals surface area contributed by atoms with Gasteiger partial charge in [0.05, 0.1) is 18.7 Å². The van der Waals surface area contributed by atoms with Crippen LogP contribution >= 0.6 is 12.2 Å². The molecule has 2 rings (SSSR count). The molecule has 0 bridgehead atoms. The van der Waals surface area contributed by atoms with Crippen molar-refractivity contribution in [3.05, 3.63) is 11.3 Å². The lowest BCUT2D eigenvalue weighted by atomic mass is 10.2. The van der Waals surface area contributed by atoms with Crippen molar-refractivity contribution in [1.29, 1.82) is 0 Å². The maximum atomic E-state index is 11.7. The van der Waals surface area contributed by atoms with Crippen LogP contribution in [0.4, 0.5) is 0 Å². The molecule has 4 nitrogen and oxygen atoms in total. The summed E-state index contributed by atoms with van der Waals surface area (Å²) in [5.41, 5.74) is 1.43. The van der Waals surface area contributed by atoms with Gasteiger partial charge in [-0.05, 0) is 31.5 Å². The van der Waals surface area contributed by atoms with E-state index in [1.807, 2.05) is 6.92 Å². The predicted molar refractivity (Wildman–Crippen MR) is 64.7 cm³/mol. The zero-order valence-electron chi connectivity index (χ0n) is 9.34. The minimum Gasteiger partial charge on any atom is -0.462 e. The Hall–Kier alpha value is -1.10. The highest BCUT2D eigenvalue weighted by molar-refractivity contribution is 7.80. The van der Waals surface area contributed by atoms with Crippen LogP contribution in [0.25, 0.3) is 0 Å². The lowest BCUT2D eigenvalue weighted by Gasteiger charge is -2.20. The standard InChI is InChI=1S/C11H16N2O2S/c1-7-9(6-12-11(16)13-7)10(14)15-5-4-8-2-3-8/h8H,2-6H2,1H3,(H2,12,13,16). The summed E-state index contributed by atoms with van der Waals surface area (Å²) in [7, 11) is 0. The van der Waals surface area contributed by atoms with Crippen molar-refractivity contribution in [2.75, 3.05) is 13.2 Å². The summed E-state index contributed by atoms with van der Waals surface area (Å²) >= 11 is 4.94. The van der Waals surface area contributed by atoms with E-state index in [1.165, 1.54) is 12.8 Å². The molecule has 1 saturated carbocycles. The molecule has 1 heterocycles. The molecule has 16 heavy (non-hydrogen) atoms. The third-order valence-corrected chi connectivity index (χ3v) is 3.13. The topological polar surface area (TPSA) is 50.4 Å². The molecule has 0 radical (unpaired) electrons. The Morgan fingerprint density at radius 2 is 2.31 bits per heavy atom. The van der Waals surface area contributed by atoms with Gasteiger partial charge in [0, 0.05) is 5.70 Å². The van der Waals surface area contributed by atoms with Gasteiger partial charge in [-0.25, -0.2) is 4.79 Å². The van der Waals surface area contributed by atoms with Crippen molar-refractivity contribution in [3.8, 4) is 0 Å². The molecular weight excluding hydrogens is 224 g/mol. The first-order valence-electron chi connectivity index (χ1n) is 5.58. The van der Waals surface area contributed by atoms with Crippen LogP contribution in [0.3, 0.4) is 0 Å². The van der Waals surface area contributed by atoms with Gasteiger partial charge in [0.15, 0.2) is 5.11 Å². The number of carbonyl (C=O) groups excluding carboxylic acids is 1. The minimum atomic E-state index is -0.236. The van der Waals surface area contributed by atoms with Gasteiger partial charge in [-0.15, -0.1) is 0 Å². The van der Waals surface area contributed by atoms with E-state index in [4.69, 9.17) is 17.0 Å². The smallest absolute Gasteiger partial charge is 0.337 e. The fourth-order valence-electron chi connectivity index (χ4n) is 1.63. The summed E-state index contributed by atoms with van der Waals surface area (Å²) in [6, 6.07) is 0. The molecule has 5 heteroatoms. The number of rotatable bonds is 4. The summed E-state index contributed by atoms with van der Waals surface area (Å²) in [5.74, 6) is 0.554. The normalized spacial score (nSPS) is 20.2. The molecule has 0 spiro atoms. The van der Waals surface area contributed by atoms with Crippen molar-refractivity contribution in [3.63, 3.8) is 0 Å². The number of nitrogens with one attached hydrogen (secondary N) is 2. The summed E-state index contributed by atoms with van der Waals surface area (Å²) in [6.45, 7) is 2.83. The fraction of sp³-hybridized carbons (Fsp3) is 0.636. The first kappa shape index (κ1) is 11.4. The molecular formula is C11H16N2O2S. The van der Waals surface area contributed by atoms with Crippen molar-refractivity contribution >= 4 is 23.3 Å². The van der Waals surface area contributed by atoms with Crippen molar-refractivity contribution in [2.24, 2.45) is 5.92 Å². The fourth-order valence-corrected chi connectivity index (χ4v) is 1.85. The van der Waals surface area contributed by atoms with Gasteiger partial charge >= 0.3 is 5.97 Å². The van der Waals surface area contributed by atoms with Crippen LogP contribution in [0.1, 0.15) is 26.2 Å². The molecule has 0 aromatic carbocycles. The van der Waals surface area contributed by atoms with Gasteiger partial charge < -0.3 is 15.4 Å². The summed E-state index contributed by atoms with van der Waals surface area (Å²) in [4.78, 5) is 11.7. The van der Waals surface area contributed by atoms with Gasteiger partial charge in [-0.2, -0.15) is 0 Å². The SMILES string of the molecule is CC1=C(C(=O)OCCC2CC2)CNC(=S)N1. The van der Waals surface area contributed by atoms with Crippen molar-refractivity contribution < 1.29 is 9.53 Å². The van der Waals surface area contributed by atoms with Gasteiger partial charge in [0.1, 0.15) is 0 Å². The van der Waals surface area contributed by atoms with Gasteiger partial charge in [0.2, 0.25) is 0 Å². The monoisotopic (exact) mass is 240 g/mol. The third-order valence-electron chi connectivity index (χ3n) is 2.88. The molecule has 88 valence electrons. The second-order valence-corrected chi connectivity index (χ2v) is 4.69. The zero-order chi connectivity index (χ0) is 11.5. The molecule has 0 atom stereocenters. The zero-order valence-corrected chi connectivity index (χ0v) is 10.2. The van der Waals surface area contributed by atoms with Crippen LogP contribution in [0.5, 0.6) is 0 Å². The molecule has 2 N–H and O–H groups in total. The van der Waals surface area contributed by atoms with Gasteiger partial charge in [-0.1, -0.05) is 12.8 Å². The Bertz CT molecular complexity index is 348. The van der Waals surface area contributed by atoms with Crippen LogP contribution < -0.4 is 10.6 Å². The molecule has 1 fully saturated rings. The Morgan fingerprint density at radius 1 is 1.56 bits per heavy atom. The number of carbonyl (C=O) groups is 1. The van der Waals surface area contributed by atoms with Crippen molar-refractivity contribution in [2.45, 2.75) is 26.2 Å². The predicted octanol–water partition coefficient (Wildman–Crippen LogP) is 1.08. The maximum Gasteiger partial charge on any atom is 0.337 e. The number of esters is 1. The van der Waals surface area contributed by atoms with E-state index in [0.717, 1.165) is 18.0 Å². The number of allylic oxidation sites excluding steroid dienone is 1. The largest absolute Gasteiger partial charge is 0.462 e. The van der Waals surface area contributed by atoms with E-state index >= 15 is 0 Å². The summed E-state index contributed by atoms with van der Waals surface area (Å²) < 4.78 is 5.22. The van der Waals surface area contributed by atoms with Gasteiger partial charge in [-0.3, -0.25) is 0 Å². The molecule has 0 aromatic rings. The first-order valence-corrected chi connectivity index (χ1v) is 5.99. The highest BCUT2D eigenvalue weighted by Gasteiger charge is 2.23. The highest BCUT2D eigenvalue weighted by Crippen LogP contribution is 2.32. The molecule has 1 aliphatic heterocycles. The van der Waals surface area contributed by atoms with E-state index in [9.17, 15) is 4.79 Å². The van der Waals surface area contributed by atoms with E-state index < -0.39 is 0 Å². The van der Waals surface area contributed by atoms with Crippen LogP contribution in [-0.4, -0.2) is 24.2 Å². The molecule has 0 amide bonds. The van der Waals surface area contributed by atoms with Crippen LogP contribution in [0, 0.1) is 5.92 Å². The Morgan fingerprint density at radius 3 is 2.94 bits per heavy atom. The maximum absolute atomic E-state index is 11.7. The Labute approximate surface area is 100 Å². The van der Waals surface area contributed by atoms with E-state index in [0.29, 0.717) is 23.8 Å². The number of hydrogen-bond acceptors (Lipinski definition) is 3. The molecule has 0 unspecified atom stereocenters. The molecule has 0 aromatic heterocycles. The minimum absolute atomic E-state index is 0.236. The quantitative estimate of drug-likeness (QED) is 0.569. The lowest BCUT2D eigenvalue weighted by molar-refractivity contribution is -0.139. The summed E-state index contributed by atoms with van der Waals surface area (Å²) in [6.07, 6.45) is 3.57. The van der Waals surface area contributed by atoms with Gasteiger partial charge in [0.25, 0.3) is 0 Å². The van der Waals surface area contributed by atoms with E-state index in [-0.39, 0.29) is 5.97 Å². The first-order chi connectivity index (χ1) is 7.66. The molecule has 1 aliphatic carbocycles. The summed E-state index contributed by atoms with van der Waals surface area (Å²) in [5, 5.41) is 6.40. The number of ether oxygens (including phenoxy) is 1. The van der Waals surface area contributed by atoms with E-state index in [2.05, 4.69) is 10.6 Å². The average molecular weight is 240 g/mol. The average Bonchev–Trinajstić information content (AvgIpc) is 3.01. The second kappa shape index (κ2) is 4.82. The van der Waals surface area contributed by atoms with Crippen LogP contribution in [0.2, 0.25) is 0 Å². The molecule has 2 aliphatic rings. The Balaban J connectivity index is 1.82. The number of thiocarbonyl (C=S) groups is 1. The Kier molecular flexibility index (Phi) is 3.43. The third kappa shape index (κ3) is 2.95. The van der Waals surface area contributed by atoms with Crippen molar-refractivity contribution in [1.82, 2.24) is 10.6 Å².